The maximum atomic E-state index is 13.7. The maximum absolute atomic E-state index is 13.7. The van der Waals surface area contributed by atoms with Gasteiger partial charge in [-0.2, -0.15) is 0 Å². The molecule has 2 aliphatic heterocycles. The van der Waals surface area contributed by atoms with E-state index in [-0.39, 0.29) is 24.0 Å². The number of carbonyl (C=O) groups is 1. The van der Waals surface area contributed by atoms with Crippen LogP contribution in [0.15, 0.2) is 0 Å². The number of carbonyl (C=O) groups excluding carboxylic acids is 1. The third-order valence-electron chi connectivity index (χ3n) is 3.68. The number of hydrogen-bond donors (Lipinski definition) is 0. The van der Waals surface area contributed by atoms with E-state index in [1.807, 2.05) is 0 Å². The first kappa shape index (κ1) is 13.7. The molecule has 1 unspecified atom stereocenters. The molecule has 104 valence electrons. The number of nitrogens with zero attached hydrogens (tertiary/aromatic N) is 1. The summed E-state index contributed by atoms with van der Waals surface area (Å²) < 4.78 is 41.3. The van der Waals surface area contributed by atoms with Crippen molar-refractivity contribution in [2.24, 2.45) is 5.92 Å². The molecule has 0 saturated carbocycles. The molecule has 18 heavy (non-hydrogen) atoms. The molecule has 2 heterocycles. The zero-order valence-electron chi connectivity index (χ0n) is 10.3. The first-order chi connectivity index (χ1) is 8.43. The fourth-order valence-corrected chi connectivity index (χ4v) is 4.33. The summed E-state index contributed by atoms with van der Waals surface area (Å²) in [6, 6.07) is 0. The zero-order chi connectivity index (χ0) is 13.3. The van der Waals surface area contributed by atoms with Crippen molar-refractivity contribution in [2.45, 2.75) is 25.1 Å². The molecule has 0 aromatic rings. The van der Waals surface area contributed by atoms with Crippen LogP contribution in [0.25, 0.3) is 0 Å². The number of halogens is 1. The Morgan fingerprint density at radius 2 is 2.11 bits per heavy atom. The average molecular weight is 279 g/mol. The topological polar surface area (TPSA) is 63.7 Å². The van der Waals surface area contributed by atoms with Crippen molar-refractivity contribution in [2.75, 3.05) is 31.7 Å². The summed E-state index contributed by atoms with van der Waals surface area (Å²) in [4.78, 5) is 13.5. The van der Waals surface area contributed by atoms with E-state index in [1.54, 1.807) is 0 Å². The fourth-order valence-electron chi connectivity index (χ4n) is 2.60. The van der Waals surface area contributed by atoms with Crippen molar-refractivity contribution < 1.29 is 22.3 Å². The second-order valence-corrected chi connectivity index (χ2v) is 7.19. The van der Waals surface area contributed by atoms with Gasteiger partial charge < -0.3 is 9.64 Å². The van der Waals surface area contributed by atoms with Crippen LogP contribution in [0.2, 0.25) is 0 Å². The van der Waals surface area contributed by atoms with Crippen LogP contribution in [0.5, 0.6) is 0 Å². The van der Waals surface area contributed by atoms with Crippen molar-refractivity contribution in [3.63, 3.8) is 0 Å². The minimum Gasteiger partial charge on any atom is -0.378 e. The van der Waals surface area contributed by atoms with Crippen molar-refractivity contribution in [3.05, 3.63) is 0 Å². The first-order valence-electron chi connectivity index (χ1n) is 6.09. The number of alkyl halides is 1. The van der Waals surface area contributed by atoms with E-state index in [0.717, 1.165) is 0 Å². The zero-order valence-corrected chi connectivity index (χ0v) is 11.2. The van der Waals surface area contributed by atoms with Crippen molar-refractivity contribution >= 4 is 15.7 Å². The highest BCUT2D eigenvalue weighted by Gasteiger charge is 2.38. The van der Waals surface area contributed by atoms with Crippen molar-refractivity contribution in [1.29, 1.82) is 0 Å². The number of rotatable bonds is 2. The van der Waals surface area contributed by atoms with Gasteiger partial charge in [0.1, 0.15) is 6.17 Å². The minimum absolute atomic E-state index is 0.00783. The Morgan fingerprint density at radius 3 is 2.61 bits per heavy atom. The first-order valence-corrected chi connectivity index (χ1v) is 7.91. The molecule has 2 rings (SSSR count). The summed E-state index contributed by atoms with van der Waals surface area (Å²) in [5.74, 6) is -0.737. The average Bonchev–Trinajstić information content (AvgIpc) is 2.68. The molecule has 0 aromatic heterocycles. The van der Waals surface area contributed by atoms with E-state index >= 15 is 0 Å². The molecule has 7 heteroatoms. The molecular formula is C11H18FNO4S. The molecule has 0 spiro atoms. The lowest BCUT2D eigenvalue weighted by Gasteiger charge is -2.35. The number of ether oxygens (including phenoxy) is 1. The molecule has 2 aliphatic rings. The summed E-state index contributed by atoms with van der Waals surface area (Å²) >= 11 is 0. The summed E-state index contributed by atoms with van der Waals surface area (Å²) in [5.41, 5.74) is 0. The Hall–Kier alpha value is -0.690. The minimum atomic E-state index is -3.07. The van der Waals surface area contributed by atoms with Crippen LogP contribution in [0.4, 0.5) is 4.39 Å². The quantitative estimate of drug-likeness (QED) is 0.714. The Morgan fingerprint density at radius 1 is 1.39 bits per heavy atom. The SMILES string of the molecule is CO[C@H]1CCN(C(=O)C2CCS(=O)(=O)C2)C[C@H]1F. The third kappa shape index (κ3) is 2.83. The van der Waals surface area contributed by atoms with Crippen LogP contribution in [0, 0.1) is 5.92 Å². The molecule has 0 aliphatic carbocycles. The van der Waals surface area contributed by atoms with E-state index < -0.39 is 28.0 Å². The lowest BCUT2D eigenvalue weighted by atomic mass is 10.0. The number of likely N-dealkylation sites (tertiary alicyclic amines) is 1. The highest BCUT2D eigenvalue weighted by Crippen LogP contribution is 2.24. The number of amides is 1. The van der Waals surface area contributed by atoms with Gasteiger partial charge in [-0.25, -0.2) is 12.8 Å². The van der Waals surface area contributed by atoms with Gasteiger partial charge in [-0.05, 0) is 12.8 Å². The van der Waals surface area contributed by atoms with Gasteiger partial charge in [0.25, 0.3) is 0 Å². The summed E-state index contributed by atoms with van der Waals surface area (Å²) in [6.45, 7) is 0.447. The predicted octanol–water partition coefficient (Wildman–Crippen LogP) is 0.00650. The van der Waals surface area contributed by atoms with Gasteiger partial charge in [0.2, 0.25) is 5.91 Å². The number of methoxy groups -OCH3 is 1. The standard InChI is InChI=1S/C11H18FNO4S/c1-17-10-2-4-13(6-9(10)12)11(14)8-3-5-18(15,16)7-8/h8-10H,2-7H2,1H3/t8?,9-,10+/m1/s1. The van der Waals surface area contributed by atoms with Gasteiger partial charge in [0.05, 0.1) is 30.1 Å². The maximum Gasteiger partial charge on any atom is 0.226 e. The molecule has 0 N–H and O–H groups in total. The molecule has 2 fully saturated rings. The Bertz CT molecular complexity index is 425. The van der Waals surface area contributed by atoms with E-state index in [0.29, 0.717) is 19.4 Å². The molecule has 0 aromatic carbocycles. The van der Waals surface area contributed by atoms with E-state index in [1.165, 1.54) is 12.0 Å². The lowest BCUT2D eigenvalue weighted by molar-refractivity contribution is -0.139. The summed E-state index contributed by atoms with van der Waals surface area (Å²) in [7, 11) is -1.62. The summed E-state index contributed by atoms with van der Waals surface area (Å²) in [6.07, 6.45) is -0.822. The van der Waals surface area contributed by atoms with Crippen LogP contribution in [0.3, 0.4) is 0 Å². The lowest BCUT2D eigenvalue weighted by Crippen LogP contribution is -2.49. The van der Waals surface area contributed by atoms with Crippen LogP contribution in [-0.2, 0) is 19.4 Å². The number of piperidine rings is 1. The molecule has 0 bridgehead atoms. The normalized spacial score (nSPS) is 35.7. The van der Waals surface area contributed by atoms with Crippen LogP contribution < -0.4 is 0 Å². The largest absolute Gasteiger partial charge is 0.378 e. The Balaban J connectivity index is 1.95. The molecular weight excluding hydrogens is 261 g/mol. The van der Waals surface area contributed by atoms with E-state index in [4.69, 9.17) is 4.74 Å². The van der Waals surface area contributed by atoms with Crippen LogP contribution in [0.1, 0.15) is 12.8 Å². The number of hydrogen-bond acceptors (Lipinski definition) is 4. The van der Waals surface area contributed by atoms with Crippen LogP contribution in [-0.4, -0.2) is 63.2 Å². The molecule has 1 amide bonds. The molecule has 0 radical (unpaired) electrons. The van der Waals surface area contributed by atoms with Gasteiger partial charge in [0.15, 0.2) is 9.84 Å². The Kier molecular flexibility index (Phi) is 3.91. The Labute approximate surface area is 106 Å². The van der Waals surface area contributed by atoms with Gasteiger partial charge >= 0.3 is 0 Å². The number of sulfone groups is 1. The predicted molar refractivity (Wildman–Crippen MR) is 63.7 cm³/mol. The van der Waals surface area contributed by atoms with E-state index in [9.17, 15) is 17.6 Å². The molecule has 5 nitrogen and oxygen atoms in total. The molecule has 3 atom stereocenters. The third-order valence-corrected chi connectivity index (χ3v) is 5.45. The van der Waals surface area contributed by atoms with Gasteiger partial charge in [-0.3, -0.25) is 4.79 Å². The van der Waals surface area contributed by atoms with Gasteiger partial charge in [0, 0.05) is 13.7 Å². The van der Waals surface area contributed by atoms with E-state index in [2.05, 4.69) is 0 Å². The molecule has 2 saturated heterocycles. The summed E-state index contributed by atoms with van der Waals surface area (Å²) in [5, 5.41) is 0. The van der Waals surface area contributed by atoms with Gasteiger partial charge in [-0.1, -0.05) is 0 Å². The van der Waals surface area contributed by atoms with Crippen molar-refractivity contribution in [1.82, 2.24) is 4.90 Å². The highest BCUT2D eigenvalue weighted by atomic mass is 32.2. The monoisotopic (exact) mass is 279 g/mol. The highest BCUT2D eigenvalue weighted by molar-refractivity contribution is 7.91. The van der Waals surface area contributed by atoms with Crippen molar-refractivity contribution in [3.8, 4) is 0 Å². The smallest absolute Gasteiger partial charge is 0.226 e. The second kappa shape index (κ2) is 5.13. The fraction of sp³-hybridized carbons (Fsp3) is 0.909. The van der Waals surface area contributed by atoms with Gasteiger partial charge in [-0.15, -0.1) is 0 Å². The van der Waals surface area contributed by atoms with Crippen LogP contribution >= 0.6 is 0 Å². The second-order valence-electron chi connectivity index (χ2n) is 4.96.